The Kier molecular flexibility index (Phi) is 3.65. The van der Waals surface area contributed by atoms with Gasteiger partial charge in [-0.1, -0.05) is 0 Å². The number of carbonyl (C=O) groups is 1. The molecule has 1 heterocycles. The molecule has 5 heteroatoms. The molecule has 0 aromatic heterocycles. The Morgan fingerprint density at radius 2 is 2.08 bits per heavy atom. The Labute approximate surface area is 76.9 Å². The summed E-state index contributed by atoms with van der Waals surface area (Å²) in [5, 5.41) is 0. The van der Waals surface area contributed by atoms with Crippen LogP contribution in [0.15, 0.2) is 0 Å². The summed E-state index contributed by atoms with van der Waals surface area (Å²) >= 11 is 0. The van der Waals surface area contributed by atoms with Crippen LogP contribution in [-0.4, -0.2) is 38.9 Å². The van der Waals surface area contributed by atoms with E-state index in [0.717, 1.165) is 0 Å². The third-order valence-electron chi connectivity index (χ3n) is 1.77. The molecule has 0 spiro atoms. The third-order valence-corrected chi connectivity index (χ3v) is 1.77. The van der Waals surface area contributed by atoms with Crippen molar-refractivity contribution < 1.29 is 23.7 Å². The number of methoxy groups -OCH3 is 2. The second-order valence-electron chi connectivity index (χ2n) is 2.79. The Bertz CT molecular complexity index is 177. The molecule has 0 aromatic carbocycles. The molecule has 1 aliphatic heterocycles. The summed E-state index contributed by atoms with van der Waals surface area (Å²) in [7, 11) is 3.11. The maximum atomic E-state index is 10.5. The predicted octanol–water partition coefficient (Wildman–Crippen LogP) is 0.283. The molecule has 1 saturated heterocycles. The van der Waals surface area contributed by atoms with Gasteiger partial charge in [0, 0.05) is 27.6 Å². The van der Waals surface area contributed by atoms with Gasteiger partial charge in [0.05, 0.1) is 0 Å². The lowest BCUT2D eigenvalue weighted by molar-refractivity contribution is -0.145. The second-order valence-corrected chi connectivity index (χ2v) is 2.79. The van der Waals surface area contributed by atoms with Crippen molar-refractivity contribution in [3.05, 3.63) is 0 Å². The second kappa shape index (κ2) is 4.55. The van der Waals surface area contributed by atoms with E-state index in [1.165, 1.54) is 6.92 Å². The number of esters is 1. The molecule has 0 unspecified atom stereocenters. The van der Waals surface area contributed by atoms with Gasteiger partial charge in [0.1, 0.15) is 6.10 Å². The van der Waals surface area contributed by atoms with Gasteiger partial charge in [0.15, 0.2) is 6.29 Å². The molecule has 0 amide bonds. The first-order valence-corrected chi connectivity index (χ1v) is 4.05. The summed E-state index contributed by atoms with van der Waals surface area (Å²) in [5.74, 6) is -0.334. The van der Waals surface area contributed by atoms with Gasteiger partial charge < -0.3 is 18.9 Å². The standard InChI is InChI=1S/C8H14O5/c1-5(9)12-8-6(13-8)4-7(10-2)11-3/h6-8H,4H2,1-3H3/t6-,8+/m1/s1. The summed E-state index contributed by atoms with van der Waals surface area (Å²) < 4.78 is 19.8. The van der Waals surface area contributed by atoms with Crippen LogP contribution in [0.4, 0.5) is 0 Å². The van der Waals surface area contributed by atoms with Crippen molar-refractivity contribution in [3.8, 4) is 0 Å². The first-order valence-electron chi connectivity index (χ1n) is 4.05. The predicted molar refractivity (Wildman–Crippen MR) is 42.9 cm³/mol. The molecule has 2 atom stereocenters. The molecule has 0 aromatic rings. The third kappa shape index (κ3) is 3.30. The number of carbonyl (C=O) groups excluding carboxylic acids is 1. The summed E-state index contributed by atoms with van der Waals surface area (Å²) in [6.07, 6.45) is -0.227. The van der Waals surface area contributed by atoms with Crippen molar-refractivity contribution in [2.24, 2.45) is 0 Å². The van der Waals surface area contributed by atoms with Crippen LogP contribution in [0.1, 0.15) is 13.3 Å². The molecule has 1 rings (SSSR count). The molecular weight excluding hydrogens is 176 g/mol. The summed E-state index contributed by atoms with van der Waals surface area (Å²) in [6.45, 7) is 1.35. The van der Waals surface area contributed by atoms with Gasteiger partial charge in [-0.3, -0.25) is 4.79 Å². The fourth-order valence-corrected chi connectivity index (χ4v) is 1.04. The molecule has 0 radical (unpaired) electrons. The maximum absolute atomic E-state index is 10.5. The van der Waals surface area contributed by atoms with Gasteiger partial charge in [-0.15, -0.1) is 0 Å². The van der Waals surface area contributed by atoms with Crippen molar-refractivity contribution in [3.63, 3.8) is 0 Å². The average Bonchev–Trinajstić information content (AvgIpc) is 2.78. The fraction of sp³-hybridized carbons (Fsp3) is 0.875. The van der Waals surface area contributed by atoms with Gasteiger partial charge in [-0.05, 0) is 0 Å². The van der Waals surface area contributed by atoms with E-state index in [2.05, 4.69) is 0 Å². The molecule has 13 heavy (non-hydrogen) atoms. The Balaban J connectivity index is 2.16. The monoisotopic (exact) mass is 190 g/mol. The summed E-state index contributed by atoms with van der Waals surface area (Å²) in [5.41, 5.74) is 0. The van der Waals surface area contributed by atoms with Crippen molar-refractivity contribution >= 4 is 5.97 Å². The quantitative estimate of drug-likeness (QED) is 0.354. The number of hydrogen-bond donors (Lipinski definition) is 0. The van der Waals surface area contributed by atoms with E-state index in [4.69, 9.17) is 18.9 Å². The smallest absolute Gasteiger partial charge is 0.305 e. The number of hydrogen-bond acceptors (Lipinski definition) is 5. The highest BCUT2D eigenvalue weighted by Gasteiger charge is 2.43. The largest absolute Gasteiger partial charge is 0.433 e. The molecule has 76 valence electrons. The highest BCUT2D eigenvalue weighted by molar-refractivity contribution is 5.66. The molecule has 0 aliphatic carbocycles. The first kappa shape index (κ1) is 10.4. The van der Waals surface area contributed by atoms with E-state index in [0.29, 0.717) is 6.42 Å². The summed E-state index contributed by atoms with van der Waals surface area (Å²) in [4.78, 5) is 10.5. The van der Waals surface area contributed by atoms with Crippen LogP contribution in [0, 0.1) is 0 Å². The number of rotatable bonds is 5. The maximum Gasteiger partial charge on any atom is 0.305 e. The Morgan fingerprint density at radius 1 is 1.46 bits per heavy atom. The van der Waals surface area contributed by atoms with Crippen LogP contribution in [0.2, 0.25) is 0 Å². The SMILES string of the molecule is COC(C[C@H]1O[C@@H]1OC(C)=O)OC. The van der Waals surface area contributed by atoms with Crippen LogP contribution in [-0.2, 0) is 23.7 Å². The zero-order valence-corrected chi connectivity index (χ0v) is 7.98. The molecule has 5 nitrogen and oxygen atoms in total. The minimum atomic E-state index is -0.412. The van der Waals surface area contributed by atoms with E-state index in [1.54, 1.807) is 14.2 Å². The van der Waals surface area contributed by atoms with E-state index < -0.39 is 6.29 Å². The van der Waals surface area contributed by atoms with Crippen LogP contribution in [0.5, 0.6) is 0 Å². The van der Waals surface area contributed by atoms with Crippen LogP contribution in [0.25, 0.3) is 0 Å². The van der Waals surface area contributed by atoms with Crippen LogP contribution < -0.4 is 0 Å². The van der Waals surface area contributed by atoms with Gasteiger partial charge >= 0.3 is 5.97 Å². The van der Waals surface area contributed by atoms with E-state index in [1.807, 2.05) is 0 Å². The first-order chi connectivity index (χ1) is 6.17. The van der Waals surface area contributed by atoms with Crippen molar-refractivity contribution in [2.75, 3.05) is 14.2 Å². The average molecular weight is 190 g/mol. The zero-order valence-electron chi connectivity index (χ0n) is 7.98. The van der Waals surface area contributed by atoms with Crippen LogP contribution >= 0.6 is 0 Å². The lowest BCUT2D eigenvalue weighted by Crippen LogP contribution is -2.17. The van der Waals surface area contributed by atoms with Crippen molar-refractivity contribution in [2.45, 2.75) is 32.0 Å². The zero-order chi connectivity index (χ0) is 9.84. The minimum Gasteiger partial charge on any atom is -0.433 e. The lowest BCUT2D eigenvalue weighted by Gasteiger charge is -2.10. The van der Waals surface area contributed by atoms with E-state index >= 15 is 0 Å². The topological polar surface area (TPSA) is 57.3 Å². The lowest BCUT2D eigenvalue weighted by atomic mass is 10.3. The number of epoxide rings is 1. The molecule has 0 saturated carbocycles. The number of ether oxygens (including phenoxy) is 4. The van der Waals surface area contributed by atoms with Gasteiger partial charge in [-0.25, -0.2) is 0 Å². The minimum absolute atomic E-state index is 0.0891. The molecular formula is C8H14O5. The molecule has 0 bridgehead atoms. The highest BCUT2D eigenvalue weighted by Crippen LogP contribution is 2.28. The van der Waals surface area contributed by atoms with Gasteiger partial charge in [-0.2, -0.15) is 0 Å². The van der Waals surface area contributed by atoms with Crippen molar-refractivity contribution in [1.82, 2.24) is 0 Å². The van der Waals surface area contributed by atoms with E-state index in [-0.39, 0.29) is 18.4 Å². The van der Waals surface area contributed by atoms with E-state index in [9.17, 15) is 4.79 Å². The molecule has 0 N–H and O–H groups in total. The Morgan fingerprint density at radius 3 is 2.54 bits per heavy atom. The highest BCUT2D eigenvalue weighted by atomic mass is 16.8. The van der Waals surface area contributed by atoms with Gasteiger partial charge in [0.2, 0.25) is 6.29 Å². The molecule has 1 fully saturated rings. The molecule has 1 aliphatic rings. The van der Waals surface area contributed by atoms with Gasteiger partial charge in [0.25, 0.3) is 0 Å². The normalized spacial score (nSPS) is 26.2. The van der Waals surface area contributed by atoms with Crippen molar-refractivity contribution in [1.29, 1.82) is 0 Å². The van der Waals surface area contributed by atoms with Crippen LogP contribution in [0.3, 0.4) is 0 Å². The fourth-order valence-electron chi connectivity index (χ4n) is 1.04. The summed E-state index contributed by atoms with van der Waals surface area (Å²) in [6, 6.07) is 0. The Hall–Kier alpha value is -0.650.